The van der Waals surface area contributed by atoms with E-state index in [1.54, 1.807) is 36.4 Å². The number of ether oxygens (including phenoxy) is 2. The Morgan fingerprint density at radius 3 is 2.67 bits per heavy atom. The molecule has 0 aromatic heterocycles. The third-order valence-electron chi connectivity index (χ3n) is 5.37. The maximum absolute atomic E-state index is 13.1. The van der Waals surface area contributed by atoms with Gasteiger partial charge in [-0.25, -0.2) is 0 Å². The SMILES string of the molecule is COc1cc(/C=C2\SC(=S)N(c3cccc(C)c3)C2=O)ccc1OCC(=O)Nc1cc(Cl)ccc1C. The number of carbonyl (C=O) groups excluding carboxylic acids is 2. The van der Waals surface area contributed by atoms with Crippen LogP contribution in [0.25, 0.3) is 6.08 Å². The molecular formula is C27H23ClN2O4S2. The molecule has 2 amide bonds. The molecule has 3 aromatic carbocycles. The number of thiocarbonyl (C=S) groups is 1. The standard InChI is InChI=1S/C27H23ClN2O4S2/c1-16-5-4-6-20(11-16)30-26(32)24(36-27(30)35)13-18-8-10-22(23(12-18)33-3)34-15-25(31)29-21-14-19(28)9-7-17(21)2/h4-14H,15H2,1-3H3,(H,29,31)/b24-13-. The first-order valence-electron chi connectivity index (χ1n) is 11.0. The van der Waals surface area contributed by atoms with Gasteiger partial charge in [-0.2, -0.15) is 0 Å². The van der Waals surface area contributed by atoms with Gasteiger partial charge in [0.1, 0.15) is 0 Å². The quantitative estimate of drug-likeness (QED) is 0.278. The number of hydrogen-bond acceptors (Lipinski definition) is 6. The van der Waals surface area contributed by atoms with Crippen LogP contribution in [0.2, 0.25) is 5.02 Å². The summed E-state index contributed by atoms with van der Waals surface area (Å²) in [6, 6.07) is 18.2. The van der Waals surface area contributed by atoms with E-state index in [4.69, 9.17) is 33.3 Å². The molecule has 1 saturated heterocycles. The van der Waals surface area contributed by atoms with Gasteiger partial charge in [0.25, 0.3) is 11.8 Å². The van der Waals surface area contributed by atoms with Crippen molar-refractivity contribution < 1.29 is 19.1 Å². The Bertz CT molecular complexity index is 1390. The molecule has 36 heavy (non-hydrogen) atoms. The third-order valence-corrected chi connectivity index (χ3v) is 6.91. The number of thioether (sulfide) groups is 1. The van der Waals surface area contributed by atoms with Crippen LogP contribution in [0.5, 0.6) is 11.5 Å². The van der Waals surface area contributed by atoms with E-state index >= 15 is 0 Å². The van der Waals surface area contributed by atoms with Crippen LogP contribution >= 0.6 is 35.6 Å². The topological polar surface area (TPSA) is 67.9 Å². The molecule has 3 aromatic rings. The third kappa shape index (κ3) is 5.90. The number of hydrogen-bond donors (Lipinski definition) is 1. The number of benzene rings is 3. The number of anilines is 2. The van der Waals surface area contributed by atoms with Crippen molar-refractivity contribution in [3.63, 3.8) is 0 Å². The van der Waals surface area contributed by atoms with E-state index in [1.807, 2.05) is 44.2 Å². The summed E-state index contributed by atoms with van der Waals surface area (Å²) < 4.78 is 11.6. The van der Waals surface area contributed by atoms with Crippen LogP contribution in [-0.2, 0) is 9.59 Å². The predicted molar refractivity (Wildman–Crippen MR) is 150 cm³/mol. The highest BCUT2D eigenvalue weighted by Gasteiger charge is 2.33. The maximum atomic E-state index is 13.1. The summed E-state index contributed by atoms with van der Waals surface area (Å²) in [6.45, 7) is 3.63. The smallest absolute Gasteiger partial charge is 0.270 e. The second kappa shape index (κ2) is 11.2. The van der Waals surface area contributed by atoms with Crippen LogP contribution in [0.15, 0.2) is 65.6 Å². The molecule has 0 spiro atoms. The highest BCUT2D eigenvalue weighted by Crippen LogP contribution is 2.37. The van der Waals surface area contributed by atoms with Gasteiger partial charge in [-0.05, 0) is 73.0 Å². The zero-order valence-corrected chi connectivity index (χ0v) is 22.2. The van der Waals surface area contributed by atoms with Gasteiger partial charge in [0.2, 0.25) is 0 Å². The maximum Gasteiger partial charge on any atom is 0.270 e. The van der Waals surface area contributed by atoms with Crippen molar-refractivity contribution in [3.8, 4) is 11.5 Å². The van der Waals surface area contributed by atoms with Crippen molar-refractivity contribution in [2.45, 2.75) is 13.8 Å². The molecule has 1 aliphatic heterocycles. The zero-order chi connectivity index (χ0) is 25.8. The summed E-state index contributed by atoms with van der Waals surface area (Å²) in [5.74, 6) is 0.332. The van der Waals surface area contributed by atoms with Gasteiger partial charge in [-0.1, -0.05) is 59.8 Å². The van der Waals surface area contributed by atoms with Gasteiger partial charge >= 0.3 is 0 Å². The lowest BCUT2D eigenvalue weighted by Gasteiger charge is -2.15. The Labute approximate surface area is 224 Å². The fourth-order valence-electron chi connectivity index (χ4n) is 3.56. The van der Waals surface area contributed by atoms with Crippen LogP contribution in [0.4, 0.5) is 11.4 Å². The Morgan fingerprint density at radius 1 is 1.11 bits per heavy atom. The lowest BCUT2D eigenvalue weighted by Crippen LogP contribution is -2.27. The van der Waals surface area contributed by atoms with E-state index in [0.29, 0.717) is 31.4 Å². The number of methoxy groups -OCH3 is 1. The first-order valence-corrected chi connectivity index (χ1v) is 12.6. The minimum absolute atomic E-state index is 0.178. The summed E-state index contributed by atoms with van der Waals surface area (Å²) in [4.78, 5) is 27.5. The number of nitrogens with one attached hydrogen (secondary N) is 1. The van der Waals surface area contributed by atoms with Crippen molar-refractivity contribution in [3.05, 3.63) is 87.3 Å². The number of rotatable bonds is 7. The van der Waals surface area contributed by atoms with Crippen LogP contribution in [0.3, 0.4) is 0 Å². The van der Waals surface area contributed by atoms with Gasteiger partial charge in [0, 0.05) is 10.7 Å². The lowest BCUT2D eigenvalue weighted by molar-refractivity contribution is -0.118. The first-order chi connectivity index (χ1) is 17.2. The van der Waals surface area contributed by atoms with Gasteiger partial charge in [-0.3, -0.25) is 14.5 Å². The van der Waals surface area contributed by atoms with Gasteiger partial charge in [0.15, 0.2) is 22.4 Å². The average molecular weight is 539 g/mol. The average Bonchev–Trinajstić information content (AvgIpc) is 3.12. The van der Waals surface area contributed by atoms with E-state index in [0.717, 1.165) is 22.4 Å². The molecule has 1 heterocycles. The highest BCUT2D eigenvalue weighted by molar-refractivity contribution is 8.27. The second-order valence-electron chi connectivity index (χ2n) is 8.06. The Kier molecular flexibility index (Phi) is 7.98. The zero-order valence-electron chi connectivity index (χ0n) is 19.8. The summed E-state index contributed by atoms with van der Waals surface area (Å²) in [7, 11) is 1.51. The molecule has 6 nitrogen and oxygen atoms in total. The first kappa shape index (κ1) is 25.8. The molecule has 4 rings (SSSR count). The lowest BCUT2D eigenvalue weighted by atomic mass is 10.1. The molecular weight excluding hydrogens is 516 g/mol. The van der Waals surface area contributed by atoms with E-state index in [2.05, 4.69) is 5.32 Å². The largest absolute Gasteiger partial charge is 0.493 e. The minimum atomic E-state index is -0.327. The van der Waals surface area contributed by atoms with Crippen LogP contribution in [0.1, 0.15) is 16.7 Å². The van der Waals surface area contributed by atoms with Crippen LogP contribution in [-0.4, -0.2) is 29.9 Å². The van der Waals surface area contributed by atoms with Crippen LogP contribution < -0.4 is 19.7 Å². The molecule has 0 atom stereocenters. The fraction of sp³-hybridized carbons (Fsp3) is 0.148. The molecule has 0 radical (unpaired) electrons. The summed E-state index contributed by atoms with van der Waals surface area (Å²) in [5.41, 5.74) is 4.04. The van der Waals surface area contributed by atoms with Crippen molar-refractivity contribution in [1.29, 1.82) is 0 Å². The molecule has 1 aliphatic rings. The van der Waals surface area contributed by atoms with E-state index in [-0.39, 0.29) is 18.4 Å². The predicted octanol–water partition coefficient (Wildman–Crippen LogP) is 6.39. The van der Waals surface area contributed by atoms with Gasteiger partial charge < -0.3 is 14.8 Å². The normalized spacial score (nSPS) is 14.3. The molecule has 1 N–H and O–H groups in total. The van der Waals surface area contributed by atoms with Gasteiger partial charge in [-0.15, -0.1) is 0 Å². The van der Waals surface area contributed by atoms with E-state index in [9.17, 15) is 9.59 Å². The number of amides is 2. The Balaban J connectivity index is 1.46. The summed E-state index contributed by atoms with van der Waals surface area (Å²) >= 11 is 12.7. The molecule has 1 fully saturated rings. The minimum Gasteiger partial charge on any atom is -0.493 e. The monoisotopic (exact) mass is 538 g/mol. The van der Waals surface area contributed by atoms with Crippen molar-refractivity contribution in [2.24, 2.45) is 0 Å². The molecule has 184 valence electrons. The van der Waals surface area contributed by atoms with Crippen molar-refractivity contribution in [2.75, 3.05) is 23.9 Å². The van der Waals surface area contributed by atoms with E-state index < -0.39 is 0 Å². The number of carbonyl (C=O) groups is 2. The molecule has 0 bridgehead atoms. The fourth-order valence-corrected chi connectivity index (χ4v) is 5.03. The van der Waals surface area contributed by atoms with Crippen molar-refractivity contribution >= 4 is 69.2 Å². The van der Waals surface area contributed by atoms with Gasteiger partial charge in [0.05, 0.1) is 17.7 Å². The van der Waals surface area contributed by atoms with Crippen molar-refractivity contribution in [1.82, 2.24) is 0 Å². The van der Waals surface area contributed by atoms with E-state index in [1.165, 1.54) is 23.8 Å². The summed E-state index contributed by atoms with van der Waals surface area (Å²) in [5, 5.41) is 3.32. The summed E-state index contributed by atoms with van der Waals surface area (Å²) in [6.07, 6.45) is 1.76. The number of halogens is 1. The highest BCUT2D eigenvalue weighted by atomic mass is 35.5. The molecule has 0 aliphatic carbocycles. The number of nitrogens with zero attached hydrogens (tertiary/aromatic N) is 1. The van der Waals surface area contributed by atoms with Crippen LogP contribution in [0, 0.1) is 13.8 Å². The Hall–Kier alpha value is -3.33. The molecule has 0 saturated carbocycles. The molecule has 0 unspecified atom stereocenters. The number of aryl methyl sites for hydroxylation is 2. The Morgan fingerprint density at radius 2 is 1.92 bits per heavy atom. The second-order valence-corrected chi connectivity index (χ2v) is 10.2. The molecule has 9 heteroatoms.